The van der Waals surface area contributed by atoms with E-state index in [9.17, 15) is 5.11 Å². The number of benzene rings is 1. The number of aromatic nitrogens is 2. The molecule has 3 rings (SSSR count). The smallest absolute Gasteiger partial charge is 0.155 e. The van der Waals surface area contributed by atoms with Crippen molar-refractivity contribution in [1.29, 1.82) is 0 Å². The zero-order chi connectivity index (χ0) is 12.5. The fourth-order valence-electron chi connectivity index (χ4n) is 1.78. The molecule has 0 radical (unpaired) electrons. The van der Waals surface area contributed by atoms with E-state index in [4.69, 9.17) is 4.42 Å². The average molecular weight is 305 g/mol. The van der Waals surface area contributed by atoms with Gasteiger partial charge in [0.2, 0.25) is 0 Å². The number of para-hydroxylation sites is 1. The van der Waals surface area contributed by atoms with E-state index in [0.29, 0.717) is 11.5 Å². The third-order valence-electron chi connectivity index (χ3n) is 2.65. The van der Waals surface area contributed by atoms with Gasteiger partial charge in [-0.15, -0.1) is 0 Å². The Morgan fingerprint density at radius 1 is 1.28 bits per heavy atom. The molecule has 0 amide bonds. The number of aliphatic hydroxyl groups is 1. The van der Waals surface area contributed by atoms with E-state index in [1.165, 1.54) is 12.4 Å². The van der Waals surface area contributed by atoms with Gasteiger partial charge in [-0.25, -0.2) is 0 Å². The summed E-state index contributed by atoms with van der Waals surface area (Å²) < 4.78 is 6.51. The van der Waals surface area contributed by atoms with Gasteiger partial charge in [0.25, 0.3) is 0 Å². The normalized spacial score (nSPS) is 12.8. The minimum Gasteiger partial charge on any atom is -0.457 e. The van der Waals surface area contributed by atoms with Crippen molar-refractivity contribution in [2.75, 3.05) is 0 Å². The number of aliphatic hydroxyl groups excluding tert-OH is 1. The SMILES string of the molecule is OC(c1cnccn1)c1cc2cccc(Br)c2o1. The maximum atomic E-state index is 10.2. The van der Waals surface area contributed by atoms with Gasteiger partial charge in [0.15, 0.2) is 6.10 Å². The standard InChI is InChI=1S/C13H9BrN2O2/c14-9-3-1-2-8-6-11(18-13(8)9)12(17)10-7-15-4-5-16-10/h1-7,12,17H. The van der Waals surface area contributed by atoms with E-state index in [0.717, 1.165) is 15.4 Å². The van der Waals surface area contributed by atoms with Gasteiger partial charge in [-0.3, -0.25) is 9.97 Å². The number of nitrogens with zero attached hydrogens (tertiary/aromatic N) is 2. The minimum atomic E-state index is -0.905. The highest BCUT2D eigenvalue weighted by atomic mass is 79.9. The molecule has 1 N–H and O–H groups in total. The molecule has 0 aliphatic carbocycles. The molecule has 1 aromatic carbocycles. The molecule has 90 valence electrons. The van der Waals surface area contributed by atoms with Crippen LogP contribution in [0.4, 0.5) is 0 Å². The lowest BCUT2D eigenvalue weighted by Crippen LogP contribution is -2.00. The largest absolute Gasteiger partial charge is 0.457 e. The van der Waals surface area contributed by atoms with Gasteiger partial charge in [-0.2, -0.15) is 0 Å². The third-order valence-corrected chi connectivity index (χ3v) is 3.27. The zero-order valence-corrected chi connectivity index (χ0v) is 10.8. The summed E-state index contributed by atoms with van der Waals surface area (Å²) in [5, 5.41) is 11.1. The maximum absolute atomic E-state index is 10.2. The van der Waals surface area contributed by atoms with Crippen LogP contribution in [0.5, 0.6) is 0 Å². The number of rotatable bonds is 2. The molecule has 0 spiro atoms. The monoisotopic (exact) mass is 304 g/mol. The van der Waals surface area contributed by atoms with E-state index >= 15 is 0 Å². The summed E-state index contributed by atoms with van der Waals surface area (Å²) in [6.07, 6.45) is 3.72. The summed E-state index contributed by atoms with van der Waals surface area (Å²) in [5.41, 5.74) is 1.18. The molecule has 3 aromatic rings. The highest BCUT2D eigenvalue weighted by Crippen LogP contribution is 2.31. The lowest BCUT2D eigenvalue weighted by Gasteiger charge is -2.05. The lowest BCUT2D eigenvalue weighted by atomic mass is 10.2. The molecule has 0 bridgehead atoms. The molecule has 4 nitrogen and oxygen atoms in total. The van der Waals surface area contributed by atoms with Crippen LogP contribution in [0.2, 0.25) is 0 Å². The Morgan fingerprint density at radius 2 is 2.17 bits per heavy atom. The molecule has 0 fully saturated rings. The van der Waals surface area contributed by atoms with E-state index in [1.54, 1.807) is 12.3 Å². The van der Waals surface area contributed by atoms with Crippen LogP contribution in [-0.4, -0.2) is 15.1 Å². The van der Waals surface area contributed by atoms with Gasteiger partial charge in [0.05, 0.1) is 16.4 Å². The fraction of sp³-hybridized carbons (Fsp3) is 0.0769. The van der Waals surface area contributed by atoms with Crippen molar-refractivity contribution in [3.05, 3.63) is 58.8 Å². The second-order valence-corrected chi connectivity index (χ2v) is 4.69. The highest BCUT2D eigenvalue weighted by molar-refractivity contribution is 9.10. The van der Waals surface area contributed by atoms with Crippen molar-refractivity contribution in [3.63, 3.8) is 0 Å². The molecular formula is C13H9BrN2O2. The number of hydrogen-bond donors (Lipinski definition) is 1. The fourth-order valence-corrected chi connectivity index (χ4v) is 2.24. The van der Waals surface area contributed by atoms with Gasteiger partial charge in [0.1, 0.15) is 11.3 Å². The molecule has 18 heavy (non-hydrogen) atoms. The number of furan rings is 1. The molecule has 0 saturated carbocycles. The third kappa shape index (κ3) is 1.91. The Kier molecular flexibility index (Phi) is 2.85. The van der Waals surface area contributed by atoms with Crippen LogP contribution in [0.15, 0.2) is 51.7 Å². The quantitative estimate of drug-likeness (QED) is 0.790. The second-order valence-electron chi connectivity index (χ2n) is 3.84. The molecule has 0 aliphatic heterocycles. The second kappa shape index (κ2) is 4.51. The van der Waals surface area contributed by atoms with E-state index < -0.39 is 6.10 Å². The first-order chi connectivity index (χ1) is 8.75. The predicted octanol–water partition coefficient (Wildman–Crippen LogP) is 3.07. The Morgan fingerprint density at radius 3 is 2.89 bits per heavy atom. The van der Waals surface area contributed by atoms with Gasteiger partial charge < -0.3 is 9.52 Å². The molecule has 2 heterocycles. The van der Waals surface area contributed by atoms with Crippen LogP contribution < -0.4 is 0 Å². The summed E-state index contributed by atoms with van der Waals surface area (Å²) in [5.74, 6) is 0.456. The first-order valence-corrected chi connectivity index (χ1v) is 6.17. The molecule has 5 heteroatoms. The van der Waals surface area contributed by atoms with Crippen molar-refractivity contribution in [2.45, 2.75) is 6.10 Å². The highest BCUT2D eigenvalue weighted by Gasteiger charge is 2.17. The van der Waals surface area contributed by atoms with Crippen LogP contribution in [-0.2, 0) is 0 Å². The van der Waals surface area contributed by atoms with Crippen molar-refractivity contribution in [2.24, 2.45) is 0 Å². The number of hydrogen-bond acceptors (Lipinski definition) is 4. The average Bonchev–Trinajstić information content (AvgIpc) is 2.84. The Balaban J connectivity index is 2.07. The molecule has 0 aliphatic rings. The molecule has 0 saturated heterocycles. The molecular weight excluding hydrogens is 296 g/mol. The first kappa shape index (κ1) is 11.4. The van der Waals surface area contributed by atoms with Crippen molar-refractivity contribution in [1.82, 2.24) is 9.97 Å². The van der Waals surface area contributed by atoms with Crippen molar-refractivity contribution < 1.29 is 9.52 Å². The molecule has 1 atom stereocenters. The van der Waals surface area contributed by atoms with Gasteiger partial charge in [-0.05, 0) is 28.1 Å². The Hall–Kier alpha value is -1.72. The van der Waals surface area contributed by atoms with E-state index in [-0.39, 0.29) is 0 Å². The summed E-state index contributed by atoms with van der Waals surface area (Å²) >= 11 is 3.41. The van der Waals surface area contributed by atoms with Crippen LogP contribution in [0, 0.1) is 0 Å². The Bertz CT molecular complexity index is 682. The molecule has 1 unspecified atom stereocenters. The van der Waals surface area contributed by atoms with Crippen LogP contribution in [0.25, 0.3) is 11.0 Å². The minimum absolute atomic E-state index is 0.456. The van der Waals surface area contributed by atoms with Crippen LogP contribution in [0.1, 0.15) is 17.6 Å². The summed E-state index contributed by atoms with van der Waals surface area (Å²) in [7, 11) is 0. The summed E-state index contributed by atoms with van der Waals surface area (Å²) in [6, 6.07) is 7.54. The summed E-state index contributed by atoms with van der Waals surface area (Å²) in [4.78, 5) is 7.99. The predicted molar refractivity (Wildman–Crippen MR) is 70.0 cm³/mol. The Labute approximate surface area is 111 Å². The lowest BCUT2D eigenvalue weighted by molar-refractivity contribution is 0.187. The number of fused-ring (bicyclic) bond motifs is 1. The van der Waals surface area contributed by atoms with Gasteiger partial charge in [0, 0.05) is 17.8 Å². The first-order valence-electron chi connectivity index (χ1n) is 5.37. The molecule has 2 aromatic heterocycles. The van der Waals surface area contributed by atoms with Gasteiger partial charge >= 0.3 is 0 Å². The number of halogens is 1. The summed E-state index contributed by atoms with van der Waals surface area (Å²) in [6.45, 7) is 0. The van der Waals surface area contributed by atoms with Gasteiger partial charge in [-0.1, -0.05) is 12.1 Å². The zero-order valence-electron chi connectivity index (χ0n) is 9.25. The van der Waals surface area contributed by atoms with Crippen molar-refractivity contribution >= 4 is 26.9 Å². The van der Waals surface area contributed by atoms with E-state index in [2.05, 4.69) is 25.9 Å². The van der Waals surface area contributed by atoms with Crippen LogP contribution >= 0.6 is 15.9 Å². The maximum Gasteiger partial charge on any atom is 0.155 e. The van der Waals surface area contributed by atoms with E-state index in [1.807, 2.05) is 18.2 Å². The van der Waals surface area contributed by atoms with Crippen LogP contribution in [0.3, 0.4) is 0 Å². The topological polar surface area (TPSA) is 59.2 Å². The van der Waals surface area contributed by atoms with Crippen molar-refractivity contribution in [3.8, 4) is 0 Å².